The first-order chi connectivity index (χ1) is 13.6. The number of piperidine rings is 2. The lowest BCUT2D eigenvalue weighted by molar-refractivity contribution is 0.0379. The second-order valence-corrected chi connectivity index (χ2v) is 8.49. The number of nitrogens with two attached hydrogens (primary N) is 1. The SMILES string of the molecule is CN1C2CCCC1CC(n1nc(C(N)=O)c3cc(N4CCOCC4)ccc31)C2. The van der Waals surface area contributed by atoms with Crippen LogP contribution in [0.25, 0.3) is 10.9 Å². The average molecular weight is 383 g/mol. The molecule has 0 radical (unpaired) electrons. The van der Waals surface area contributed by atoms with Crippen LogP contribution in [0.4, 0.5) is 5.69 Å². The smallest absolute Gasteiger partial charge is 0.269 e. The number of amides is 1. The molecule has 4 heterocycles. The van der Waals surface area contributed by atoms with E-state index in [-0.39, 0.29) is 0 Å². The van der Waals surface area contributed by atoms with Crippen molar-refractivity contribution in [1.29, 1.82) is 0 Å². The first-order valence-electron chi connectivity index (χ1n) is 10.5. The first-order valence-corrected chi connectivity index (χ1v) is 10.5. The van der Waals surface area contributed by atoms with Gasteiger partial charge >= 0.3 is 0 Å². The van der Waals surface area contributed by atoms with Crippen LogP contribution in [-0.2, 0) is 4.74 Å². The van der Waals surface area contributed by atoms with Crippen LogP contribution in [0.5, 0.6) is 0 Å². The predicted octanol–water partition coefficient (Wildman–Crippen LogP) is 2.16. The molecule has 0 aliphatic carbocycles. The lowest BCUT2D eigenvalue weighted by atomic mass is 9.82. The van der Waals surface area contributed by atoms with E-state index in [0.29, 0.717) is 23.8 Å². The van der Waals surface area contributed by atoms with Gasteiger partial charge in [-0.2, -0.15) is 5.10 Å². The molecule has 0 spiro atoms. The highest BCUT2D eigenvalue weighted by molar-refractivity contribution is 6.05. The fraction of sp³-hybridized carbons (Fsp3) is 0.619. The Morgan fingerprint density at radius 1 is 1.14 bits per heavy atom. The highest BCUT2D eigenvalue weighted by atomic mass is 16.5. The highest BCUT2D eigenvalue weighted by Crippen LogP contribution is 2.39. The van der Waals surface area contributed by atoms with Gasteiger partial charge in [0, 0.05) is 36.2 Å². The molecule has 5 rings (SSSR count). The fourth-order valence-electron chi connectivity index (χ4n) is 5.39. The molecule has 3 aliphatic heterocycles. The van der Waals surface area contributed by atoms with E-state index in [2.05, 4.69) is 39.7 Å². The fourth-order valence-corrected chi connectivity index (χ4v) is 5.39. The molecule has 2 unspecified atom stereocenters. The summed E-state index contributed by atoms with van der Waals surface area (Å²) in [6.45, 7) is 3.20. The minimum atomic E-state index is -0.448. The topological polar surface area (TPSA) is 76.6 Å². The summed E-state index contributed by atoms with van der Waals surface area (Å²) >= 11 is 0. The number of hydrogen-bond donors (Lipinski definition) is 1. The summed E-state index contributed by atoms with van der Waals surface area (Å²) < 4.78 is 7.56. The van der Waals surface area contributed by atoms with E-state index in [1.165, 1.54) is 19.3 Å². The maximum absolute atomic E-state index is 12.2. The van der Waals surface area contributed by atoms with Crippen LogP contribution < -0.4 is 10.6 Å². The van der Waals surface area contributed by atoms with Crippen molar-refractivity contribution in [3.63, 3.8) is 0 Å². The summed E-state index contributed by atoms with van der Waals surface area (Å²) in [5, 5.41) is 5.61. The van der Waals surface area contributed by atoms with Gasteiger partial charge in [0.15, 0.2) is 5.69 Å². The second-order valence-electron chi connectivity index (χ2n) is 8.49. The number of fused-ring (bicyclic) bond motifs is 3. The monoisotopic (exact) mass is 383 g/mol. The molecule has 3 saturated heterocycles. The van der Waals surface area contributed by atoms with Gasteiger partial charge < -0.3 is 20.3 Å². The number of hydrogen-bond acceptors (Lipinski definition) is 5. The molecule has 2 aromatic rings. The molecule has 1 aromatic heterocycles. The second kappa shape index (κ2) is 7.04. The van der Waals surface area contributed by atoms with Gasteiger partial charge in [-0.15, -0.1) is 0 Å². The van der Waals surface area contributed by atoms with Crippen molar-refractivity contribution in [3.8, 4) is 0 Å². The molecular formula is C21H29N5O2. The third-order valence-corrected chi connectivity index (χ3v) is 6.96. The van der Waals surface area contributed by atoms with E-state index in [1.807, 2.05) is 0 Å². The van der Waals surface area contributed by atoms with Crippen molar-refractivity contribution in [2.75, 3.05) is 38.3 Å². The van der Waals surface area contributed by atoms with Crippen LogP contribution in [0.15, 0.2) is 18.2 Å². The van der Waals surface area contributed by atoms with Gasteiger partial charge in [-0.05, 0) is 50.9 Å². The van der Waals surface area contributed by atoms with E-state index in [9.17, 15) is 4.79 Å². The summed E-state index contributed by atoms with van der Waals surface area (Å²) in [5.74, 6) is -0.448. The quantitative estimate of drug-likeness (QED) is 0.879. The van der Waals surface area contributed by atoms with Crippen LogP contribution in [0.1, 0.15) is 48.6 Å². The van der Waals surface area contributed by atoms with Crippen molar-refractivity contribution >= 4 is 22.5 Å². The lowest BCUT2D eigenvalue weighted by Gasteiger charge is -2.47. The summed E-state index contributed by atoms with van der Waals surface area (Å²) in [6, 6.07) is 7.90. The Balaban J connectivity index is 1.53. The minimum absolute atomic E-state index is 0.330. The number of benzene rings is 1. The number of aromatic nitrogens is 2. The van der Waals surface area contributed by atoms with Gasteiger partial charge in [-0.25, -0.2) is 0 Å². The third-order valence-electron chi connectivity index (χ3n) is 6.96. The zero-order valence-electron chi connectivity index (χ0n) is 16.5. The Bertz CT molecular complexity index is 874. The van der Waals surface area contributed by atoms with Gasteiger partial charge in [0.2, 0.25) is 0 Å². The number of carbonyl (C=O) groups is 1. The molecule has 28 heavy (non-hydrogen) atoms. The number of morpholine rings is 1. The van der Waals surface area contributed by atoms with Crippen LogP contribution in [0.3, 0.4) is 0 Å². The molecule has 1 amide bonds. The maximum Gasteiger partial charge on any atom is 0.269 e. The van der Waals surface area contributed by atoms with E-state index in [0.717, 1.165) is 55.7 Å². The first kappa shape index (κ1) is 17.9. The number of nitrogens with zero attached hydrogens (tertiary/aromatic N) is 4. The lowest BCUT2D eigenvalue weighted by Crippen LogP contribution is -2.50. The van der Waals surface area contributed by atoms with Crippen LogP contribution in [0, 0.1) is 0 Å². The molecule has 2 N–H and O–H groups in total. The van der Waals surface area contributed by atoms with Crippen LogP contribution >= 0.6 is 0 Å². The average Bonchev–Trinajstić information content (AvgIpc) is 3.08. The Labute approximate surface area is 165 Å². The zero-order chi connectivity index (χ0) is 19.3. The maximum atomic E-state index is 12.2. The molecule has 3 aliphatic rings. The van der Waals surface area contributed by atoms with Gasteiger partial charge in [-0.1, -0.05) is 6.42 Å². The van der Waals surface area contributed by atoms with Crippen molar-refractivity contribution in [2.45, 2.75) is 50.2 Å². The van der Waals surface area contributed by atoms with Gasteiger partial charge in [0.1, 0.15) is 0 Å². The molecular weight excluding hydrogens is 354 g/mol. The van der Waals surface area contributed by atoms with E-state index >= 15 is 0 Å². The molecule has 7 nitrogen and oxygen atoms in total. The molecule has 3 fully saturated rings. The molecule has 1 aromatic carbocycles. The number of ether oxygens (including phenoxy) is 1. The van der Waals surface area contributed by atoms with Gasteiger partial charge in [0.25, 0.3) is 5.91 Å². The predicted molar refractivity (Wildman–Crippen MR) is 109 cm³/mol. The minimum Gasteiger partial charge on any atom is -0.378 e. The third kappa shape index (κ3) is 2.97. The van der Waals surface area contributed by atoms with E-state index in [1.54, 1.807) is 0 Å². The van der Waals surface area contributed by atoms with Crippen molar-refractivity contribution in [2.24, 2.45) is 5.73 Å². The van der Waals surface area contributed by atoms with Crippen molar-refractivity contribution in [1.82, 2.24) is 14.7 Å². The Morgan fingerprint density at radius 2 is 1.86 bits per heavy atom. The highest BCUT2D eigenvalue weighted by Gasteiger charge is 2.37. The molecule has 2 atom stereocenters. The summed E-state index contributed by atoms with van der Waals surface area (Å²) in [6.07, 6.45) is 6.02. The number of carbonyl (C=O) groups excluding carboxylic acids is 1. The van der Waals surface area contributed by atoms with Crippen LogP contribution in [-0.4, -0.2) is 66.0 Å². The Hall–Kier alpha value is -2.12. The van der Waals surface area contributed by atoms with Crippen molar-refractivity contribution in [3.05, 3.63) is 23.9 Å². The zero-order valence-corrected chi connectivity index (χ0v) is 16.5. The summed E-state index contributed by atoms with van der Waals surface area (Å²) in [5.41, 5.74) is 8.24. The summed E-state index contributed by atoms with van der Waals surface area (Å²) in [4.78, 5) is 17.0. The van der Waals surface area contributed by atoms with Gasteiger partial charge in [-0.3, -0.25) is 9.48 Å². The Kier molecular flexibility index (Phi) is 4.51. The normalized spacial score (nSPS) is 28.6. The van der Waals surface area contributed by atoms with E-state index in [4.69, 9.17) is 15.6 Å². The van der Waals surface area contributed by atoms with Crippen LogP contribution in [0.2, 0.25) is 0 Å². The molecule has 7 heteroatoms. The standard InChI is InChI=1S/C21H29N5O2/c1-24-14-3-2-4-15(24)12-17(11-14)26-19-6-5-16(25-7-9-28-10-8-25)13-18(19)20(23-26)21(22)27/h5-6,13-15,17H,2-4,7-12H2,1H3,(H2,22,27). The molecule has 0 saturated carbocycles. The number of anilines is 1. The van der Waals surface area contributed by atoms with Crippen molar-refractivity contribution < 1.29 is 9.53 Å². The largest absolute Gasteiger partial charge is 0.378 e. The number of rotatable bonds is 3. The Morgan fingerprint density at radius 3 is 2.54 bits per heavy atom. The summed E-state index contributed by atoms with van der Waals surface area (Å²) in [7, 11) is 2.26. The molecule has 2 bridgehead atoms. The van der Waals surface area contributed by atoms with E-state index < -0.39 is 5.91 Å². The van der Waals surface area contributed by atoms with Gasteiger partial charge in [0.05, 0.1) is 24.8 Å². The number of primary amides is 1. The molecule has 150 valence electrons.